The van der Waals surface area contributed by atoms with Crippen molar-refractivity contribution < 1.29 is 34.7 Å². The van der Waals surface area contributed by atoms with Crippen molar-refractivity contribution in [1.29, 1.82) is 0 Å². The van der Waals surface area contributed by atoms with Gasteiger partial charge in [-0.15, -0.1) is 0 Å². The molecule has 0 bridgehead atoms. The molecule has 0 aromatic heterocycles. The van der Waals surface area contributed by atoms with Crippen LogP contribution >= 0.6 is 0 Å². The van der Waals surface area contributed by atoms with Gasteiger partial charge in [-0.1, -0.05) is 6.92 Å². The van der Waals surface area contributed by atoms with Crippen molar-refractivity contribution in [1.82, 2.24) is 0 Å². The first kappa shape index (κ1) is 15.3. The Kier molecular flexibility index (Phi) is 5.48. The normalized spacial score (nSPS) is 40.6. The second-order valence-corrected chi connectivity index (χ2v) is 4.37. The minimum Gasteiger partial charge on any atom is -0.457 e. The molecule has 0 aliphatic heterocycles. The Balaban J connectivity index is 2.81. The van der Waals surface area contributed by atoms with Crippen LogP contribution in [0.25, 0.3) is 0 Å². The fraction of sp³-hybridized carbons (Fsp3) is 0.909. The highest BCUT2D eigenvalue weighted by atomic mass is 16.6. The highest BCUT2D eigenvalue weighted by molar-refractivity contribution is 5.69. The number of carbonyl (C=O) groups is 1. The topological polar surface area (TPSA) is 116 Å². The van der Waals surface area contributed by atoms with Crippen LogP contribution in [0, 0.1) is 0 Å². The molecule has 0 saturated heterocycles. The van der Waals surface area contributed by atoms with E-state index in [0.29, 0.717) is 6.42 Å². The van der Waals surface area contributed by atoms with Crippen LogP contribution in [0.2, 0.25) is 0 Å². The average Bonchev–Trinajstić information content (AvgIpc) is 2.34. The van der Waals surface area contributed by atoms with E-state index >= 15 is 0 Å². The number of esters is 1. The summed E-state index contributed by atoms with van der Waals surface area (Å²) in [6.07, 6.45) is -7.64. The first-order valence-electron chi connectivity index (χ1n) is 5.88. The van der Waals surface area contributed by atoms with Crippen LogP contribution in [0.5, 0.6) is 0 Å². The molecule has 6 atom stereocenters. The van der Waals surface area contributed by atoms with E-state index in [-0.39, 0.29) is 6.42 Å². The average molecular weight is 264 g/mol. The molecule has 7 nitrogen and oxygen atoms in total. The van der Waals surface area contributed by atoms with E-state index in [0.717, 1.165) is 0 Å². The highest BCUT2D eigenvalue weighted by Crippen LogP contribution is 2.26. The van der Waals surface area contributed by atoms with Crippen molar-refractivity contribution in [3.05, 3.63) is 0 Å². The quantitative estimate of drug-likeness (QED) is 0.441. The Bertz CT molecular complexity index is 283. The number of aliphatic hydroxyl groups excluding tert-OH is 4. The zero-order chi connectivity index (χ0) is 13.9. The molecule has 0 unspecified atom stereocenters. The molecule has 1 aliphatic rings. The minimum absolute atomic E-state index is 0.161. The summed E-state index contributed by atoms with van der Waals surface area (Å²) in [6, 6.07) is 0. The minimum atomic E-state index is -1.59. The summed E-state index contributed by atoms with van der Waals surface area (Å²) in [5.74, 6) is -0.556. The second-order valence-electron chi connectivity index (χ2n) is 4.37. The number of ether oxygens (including phenoxy) is 2. The molecule has 1 aliphatic carbocycles. The van der Waals surface area contributed by atoms with Crippen molar-refractivity contribution in [2.75, 3.05) is 7.11 Å². The maximum atomic E-state index is 11.4. The lowest BCUT2D eigenvalue weighted by Crippen LogP contribution is -2.65. The van der Waals surface area contributed by atoms with E-state index in [4.69, 9.17) is 9.47 Å². The highest BCUT2D eigenvalue weighted by Gasteiger charge is 2.51. The van der Waals surface area contributed by atoms with Crippen LogP contribution in [0.4, 0.5) is 0 Å². The standard InChI is InChI=1S/C11H20O7/c1-3-4-5(12)18-11-9(16)7(14)6(13)8(15)10(11)17-2/h6-11,13-16H,3-4H2,1-2H3/t6-,7-,8-,9-,10+,11+/m0/s1. The van der Waals surface area contributed by atoms with Gasteiger partial charge in [0, 0.05) is 13.5 Å². The van der Waals surface area contributed by atoms with E-state index in [1.54, 1.807) is 6.92 Å². The summed E-state index contributed by atoms with van der Waals surface area (Å²) in [4.78, 5) is 11.4. The Morgan fingerprint density at radius 1 is 1.00 bits per heavy atom. The van der Waals surface area contributed by atoms with E-state index in [1.165, 1.54) is 7.11 Å². The van der Waals surface area contributed by atoms with Gasteiger partial charge in [0.25, 0.3) is 0 Å². The van der Waals surface area contributed by atoms with Crippen LogP contribution in [0.15, 0.2) is 0 Å². The first-order chi connectivity index (χ1) is 8.43. The van der Waals surface area contributed by atoms with Gasteiger partial charge >= 0.3 is 5.97 Å². The molecule has 0 heterocycles. The van der Waals surface area contributed by atoms with Crippen LogP contribution in [-0.2, 0) is 14.3 Å². The van der Waals surface area contributed by atoms with Gasteiger partial charge in [0.1, 0.15) is 30.5 Å². The molecule has 0 spiro atoms. The molecule has 0 aromatic rings. The molecule has 1 fully saturated rings. The zero-order valence-corrected chi connectivity index (χ0v) is 10.4. The Morgan fingerprint density at radius 2 is 1.50 bits per heavy atom. The number of hydrogen-bond acceptors (Lipinski definition) is 7. The van der Waals surface area contributed by atoms with E-state index in [2.05, 4.69) is 0 Å². The third-order valence-electron chi connectivity index (χ3n) is 3.04. The molecule has 1 saturated carbocycles. The summed E-state index contributed by atoms with van der Waals surface area (Å²) < 4.78 is 9.92. The Morgan fingerprint density at radius 3 is 1.94 bits per heavy atom. The lowest BCUT2D eigenvalue weighted by molar-refractivity contribution is -0.239. The summed E-state index contributed by atoms with van der Waals surface area (Å²) in [6.45, 7) is 1.79. The summed E-state index contributed by atoms with van der Waals surface area (Å²) in [7, 11) is 1.26. The third-order valence-corrected chi connectivity index (χ3v) is 3.04. The smallest absolute Gasteiger partial charge is 0.306 e. The van der Waals surface area contributed by atoms with Gasteiger partial charge in [-0.05, 0) is 6.42 Å². The number of methoxy groups -OCH3 is 1. The van der Waals surface area contributed by atoms with E-state index in [1.807, 2.05) is 0 Å². The molecular weight excluding hydrogens is 244 g/mol. The van der Waals surface area contributed by atoms with E-state index in [9.17, 15) is 25.2 Å². The number of hydrogen-bond donors (Lipinski definition) is 4. The predicted octanol–water partition coefficient (Wildman–Crippen LogP) is -1.83. The molecule has 0 radical (unpaired) electrons. The van der Waals surface area contributed by atoms with Gasteiger partial charge in [0.2, 0.25) is 0 Å². The van der Waals surface area contributed by atoms with Crippen LogP contribution in [0.3, 0.4) is 0 Å². The SMILES string of the molecule is CCCC(=O)O[C@@H]1[C@@H](O)[C@@H](O)[C@H](O)[C@H](O)[C@H]1OC. The summed E-state index contributed by atoms with van der Waals surface area (Å²) in [5.41, 5.74) is 0. The summed E-state index contributed by atoms with van der Waals surface area (Å²) >= 11 is 0. The van der Waals surface area contributed by atoms with Crippen LogP contribution in [0.1, 0.15) is 19.8 Å². The van der Waals surface area contributed by atoms with Gasteiger partial charge in [-0.2, -0.15) is 0 Å². The van der Waals surface area contributed by atoms with Crippen LogP contribution < -0.4 is 0 Å². The third kappa shape index (κ3) is 2.99. The van der Waals surface area contributed by atoms with Gasteiger partial charge < -0.3 is 29.9 Å². The van der Waals surface area contributed by atoms with E-state index < -0.39 is 42.6 Å². The molecule has 0 amide bonds. The molecular formula is C11H20O7. The molecule has 1 rings (SSSR count). The zero-order valence-electron chi connectivity index (χ0n) is 10.4. The van der Waals surface area contributed by atoms with Gasteiger partial charge in [0.05, 0.1) is 0 Å². The van der Waals surface area contributed by atoms with Gasteiger partial charge in [-0.25, -0.2) is 0 Å². The lowest BCUT2D eigenvalue weighted by Gasteiger charge is -2.42. The monoisotopic (exact) mass is 264 g/mol. The fourth-order valence-corrected chi connectivity index (χ4v) is 2.01. The maximum Gasteiger partial charge on any atom is 0.306 e. The first-order valence-corrected chi connectivity index (χ1v) is 5.88. The molecule has 4 N–H and O–H groups in total. The number of aliphatic hydroxyl groups is 4. The Hall–Kier alpha value is -0.730. The van der Waals surface area contributed by atoms with Crippen molar-refractivity contribution in [2.45, 2.75) is 56.4 Å². The second kappa shape index (κ2) is 6.44. The van der Waals surface area contributed by atoms with Crippen molar-refractivity contribution in [3.63, 3.8) is 0 Å². The van der Waals surface area contributed by atoms with Crippen LogP contribution in [-0.4, -0.2) is 70.1 Å². The largest absolute Gasteiger partial charge is 0.457 e. The van der Waals surface area contributed by atoms with Gasteiger partial charge in [-0.3, -0.25) is 4.79 Å². The predicted molar refractivity (Wildman–Crippen MR) is 59.6 cm³/mol. The lowest BCUT2D eigenvalue weighted by atomic mass is 9.84. The van der Waals surface area contributed by atoms with Gasteiger partial charge in [0.15, 0.2) is 6.10 Å². The maximum absolute atomic E-state index is 11.4. The molecule has 0 aromatic carbocycles. The molecule has 7 heteroatoms. The number of rotatable bonds is 4. The van der Waals surface area contributed by atoms with Crippen molar-refractivity contribution in [3.8, 4) is 0 Å². The van der Waals surface area contributed by atoms with Crippen molar-refractivity contribution >= 4 is 5.97 Å². The molecule has 18 heavy (non-hydrogen) atoms. The Labute approximate surface area is 105 Å². The molecule has 106 valence electrons. The number of carbonyl (C=O) groups excluding carboxylic acids is 1. The van der Waals surface area contributed by atoms with Crippen molar-refractivity contribution in [2.24, 2.45) is 0 Å². The fourth-order valence-electron chi connectivity index (χ4n) is 2.01. The summed E-state index contributed by atoms with van der Waals surface area (Å²) in [5, 5.41) is 38.5.